The van der Waals surface area contributed by atoms with E-state index in [1.165, 1.54) is 0 Å². The van der Waals surface area contributed by atoms with E-state index in [4.69, 9.17) is 30.9 Å². The van der Waals surface area contributed by atoms with Gasteiger partial charge >= 0.3 is 12.4 Å². The zero-order chi connectivity index (χ0) is 28.1. The normalized spacial score (nSPS) is 11.3. The Morgan fingerprint density at radius 3 is 1.26 bits per heavy atom. The summed E-state index contributed by atoms with van der Waals surface area (Å²) >= 11 is 0. The van der Waals surface area contributed by atoms with Crippen LogP contribution in [0.3, 0.4) is 0 Å². The molecule has 2 aromatic carbocycles. The predicted octanol–water partition coefficient (Wildman–Crippen LogP) is 5.02. The van der Waals surface area contributed by atoms with Crippen LogP contribution in [0.15, 0.2) is 12.1 Å². The molecule has 0 spiro atoms. The van der Waals surface area contributed by atoms with Crippen molar-refractivity contribution in [2.24, 2.45) is 0 Å². The zero-order valence-electron chi connectivity index (χ0n) is 15.9. The summed E-state index contributed by atoms with van der Waals surface area (Å²) in [6.07, 6.45) is -12.4. The lowest BCUT2D eigenvalue weighted by molar-refractivity contribution is -0.291. The average Bonchev–Trinajstić information content (AvgIpc) is 2.72. The highest BCUT2D eigenvalue weighted by Crippen LogP contribution is 2.59. The zero-order valence-corrected chi connectivity index (χ0v) is 15.9. The van der Waals surface area contributed by atoms with Crippen LogP contribution in [0.5, 0.6) is 11.5 Å². The standard InChI is InChI=1S/C15H4F12O2.2CHNO/c16-6-3(1-2-4(28)7(6)17)13(14(22,23)24,15(25,26)27)5-8(18)10(20)12(29)11(21)9(5)19;2*2-1-3/h1-2,28-29H;2*3H. The van der Waals surface area contributed by atoms with Crippen LogP contribution < -0.4 is 0 Å². The molecular weight excluding hydrogens is 524 g/mol. The van der Waals surface area contributed by atoms with Gasteiger partial charge in [-0.3, -0.25) is 0 Å². The number of nitriles is 2. The van der Waals surface area contributed by atoms with Crippen LogP contribution in [-0.2, 0) is 5.41 Å². The molecule has 35 heavy (non-hydrogen) atoms. The lowest BCUT2D eigenvalue weighted by atomic mass is 9.71. The number of aliphatic hydroxyl groups is 2. The minimum Gasteiger partial charge on any atom is -0.505 e. The Balaban J connectivity index is 0.00000174. The number of aliphatic hydroxyl groups excluding tert-OH is 2. The lowest BCUT2D eigenvalue weighted by Crippen LogP contribution is -2.56. The first-order valence-corrected chi connectivity index (χ1v) is 7.77. The third-order valence-corrected chi connectivity index (χ3v) is 3.93. The van der Waals surface area contributed by atoms with Gasteiger partial charge in [0.2, 0.25) is 22.9 Å². The monoisotopic (exact) mass is 530 g/mol. The number of alkyl halides is 6. The minimum absolute atomic E-state index is 0.205. The molecule has 6 nitrogen and oxygen atoms in total. The second-order valence-electron chi connectivity index (χ2n) is 5.69. The van der Waals surface area contributed by atoms with Gasteiger partial charge in [0, 0.05) is 5.56 Å². The number of hydrogen-bond acceptors (Lipinski definition) is 6. The molecule has 0 bridgehead atoms. The number of nitrogens with zero attached hydrogens (tertiary/aromatic N) is 2. The Bertz CT molecular complexity index is 1110. The Morgan fingerprint density at radius 1 is 0.600 bits per heavy atom. The Morgan fingerprint density at radius 2 is 0.943 bits per heavy atom. The first-order valence-electron chi connectivity index (χ1n) is 7.77. The molecule has 0 unspecified atom stereocenters. The smallest absolute Gasteiger partial charge is 0.411 e. The van der Waals surface area contributed by atoms with Crippen LogP contribution in [0.2, 0.25) is 0 Å². The molecule has 0 aliphatic heterocycles. The van der Waals surface area contributed by atoms with E-state index in [9.17, 15) is 52.7 Å². The van der Waals surface area contributed by atoms with Gasteiger partial charge < -0.3 is 20.4 Å². The van der Waals surface area contributed by atoms with Gasteiger partial charge in [-0.1, -0.05) is 6.07 Å². The van der Waals surface area contributed by atoms with E-state index in [-0.39, 0.29) is 6.07 Å². The molecule has 0 saturated carbocycles. The maximum absolute atomic E-state index is 14.0. The molecule has 0 fully saturated rings. The van der Waals surface area contributed by atoms with Crippen LogP contribution in [0.4, 0.5) is 52.7 Å². The molecule has 0 atom stereocenters. The second kappa shape index (κ2) is 10.8. The molecule has 0 aliphatic carbocycles. The van der Waals surface area contributed by atoms with Crippen LogP contribution in [0.1, 0.15) is 11.1 Å². The van der Waals surface area contributed by atoms with Crippen molar-refractivity contribution in [3.05, 3.63) is 58.2 Å². The SMILES string of the molecule is N#CO.N#CO.Oc1ccc(C(c2c(F)c(F)c(O)c(F)c2F)(C(F)(F)F)C(F)(F)F)c(F)c1F. The third-order valence-electron chi connectivity index (χ3n) is 3.93. The van der Waals surface area contributed by atoms with E-state index in [0.717, 1.165) is 12.5 Å². The fourth-order valence-electron chi connectivity index (χ4n) is 2.66. The van der Waals surface area contributed by atoms with E-state index < -0.39 is 81.4 Å². The van der Waals surface area contributed by atoms with Gasteiger partial charge in [0.15, 0.2) is 29.0 Å². The van der Waals surface area contributed by atoms with Crippen molar-refractivity contribution < 1.29 is 73.1 Å². The number of phenolic OH excluding ortho intramolecular Hbond substituents is 2. The molecule has 18 heteroatoms. The van der Waals surface area contributed by atoms with Gasteiger partial charge in [0.1, 0.15) is 0 Å². The molecule has 0 aromatic heterocycles. The van der Waals surface area contributed by atoms with Crippen LogP contribution in [-0.4, -0.2) is 32.8 Å². The molecule has 2 aromatic rings. The molecule has 0 aliphatic rings. The van der Waals surface area contributed by atoms with Gasteiger partial charge in [-0.2, -0.15) is 50.0 Å². The molecule has 2 rings (SSSR count). The Kier molecular flexibility index (Phi) is 9.50. The molecule has 0 radical (unpaired) electrons. The fourth-order valence-corrected chi connectivity index (χ4v) is 2.66. The quantitative estimate of drug-likeness (QED) is 0.245. The summed E-state index contributed by atoms with van der Waals surface area (Å²) in [5.41, 5.74) is -12.5. The lowest BCUT2D eigenvalue weighted by Gasteiger charge is -2.38. The van der Waals surface area contributed by atoms with Crippen molar-refractivity contribution in [2.75, 3.05) is 0 Å². The first kappa shape index (κ1) is 30.8. The van der Waals surface area contributed by atoms with Crippen molar-refractivity contribution in [1.82, 2.24) is 0 Å². The minimum atomic E-state index is -6.97. The highest BCUT2D eigenvalue weighted by atomic mass is 19.4. The van der Waals surface area contributed by atoms with E-state index in [1.807, 2.05) is 0 Å². The van der Waals surface area contributed by atoms with Crippen molar-refractivity contribution in [3.63, 3.8) is 0 Å². The average molecular weight is 530 g/mol. The summed E-state index contributed by atoms with van der Waals surface area (Å²) < 4.78 is 165. The topological polar surface area (TPSA) is 128 Å². The van der Waals surface area contributed by atoms with Gasteiger partial charge in [-0.15, -0.1) is 0 Å². The highest BCUT2D eigenvalue weighted by molar-refractivity contribution is 5.50. The maximum Gasteiger partial charge on any atom is 0.411 e. The summed E-state index contributed by atoms with van der Waals surface area (Å²) in [5.74, 6) is -22.9. The molecule has 0 saturated heterocycles. The number of hydrogen-bond donors (Lipinski definition) is 4. The van der Waals surface area contributed by atoms with Crippen molar-refractivity contribution in [3.8, 4) is 24.0 Å². The van der Waals surface area contributed by atoms with Crippen molar-refractivity contribution >= 4 is 0 Å². The van der Waals surface area contributed by atoms with Crippen LogP contribution in [0.25, 0.3) is 0 Å². The third kappa shape index (κ3) is 5.15. The summed E-state index contributed by atoms with van der Waals surface area (Å²) in [5, 5.41) is 45.2. The fraction of sp³-hybridized carbons (Fsp3) is 0.176. The largest absolute Gasteiger partial charge is 0.505 e. The molecular formula is C17H6F12N2O4. The van der Waals surface area contributed by atoms with Gasteiger partial charge in [0.05, 0.1) is 5.56 Å². The first-order chi connectivity index (χ1) is 15.8. The van der Waals surface area contributed by atoms with E-state index >= 15 is 0 Å². The molecule has 0 amide bonds. The number of halogens is 12. The number of phenols is 2. The Labute approximate surface area is 184 Å². The summed E-state index contributed by atoms with van der Waals surface area (Å²) in [6.45, 7) is 0. The van der Waals surface area contributed by atoms with Gasteiger partial charge in [-0.25, -0.2) is 13.2 Å². The van der Waals surface area contributed by atoms with Crippen molar-refractivity contribution in [2.45, 2.75) is 17.8 Å². The van der Waals surface area contributed by atoms with E-state index in [1.54, 1.807) is 0 Å². The van der Waals surface area contributed by atoms with E-state index in [0.29, 0.717) is 0 Å². The molecule has 4 N–H and O–H groups in total. The second-order valence-corrected chi connectivity index (χ2v) is 5.69. The summed E-state index contributed by atoms with van der Waals surface area (Å²) in [6, 6.07) is -0.723. The van der Waals surface area contributed by atoms with Crippen LogP contribution in [0, 0.1) is 57.9 Å². The highest BCUT2D eigenvalue weighted by Gasteiger charge is 2.75. The number of benzene rings is 2. The van der Waals surface area contributed by atoms with Gasteiger partial charge in [-0.05, 0) is 6.07 Å². The molecule has 0 heterocycles. The summed E-state index contributed by atoms with van der Waals surface area (Å²) in [4.78, 5) is 0. The Hall–Kier alpha value is -4.22. The molecule has 192 valence electrons. The predicted molar refractivity (Wildman–Crippen MR) is 83.9 cm³/mol. The summed E-state index contributed by atoms with van der Waals surface area (Å²) in [7, 11) is 0. The van der Waals surface area contributed by atoms with Crippen LogP contribution >= 0.6 is 0 Å². The van der Waals surface area contributed by atoms with Crippen molar-refractivity contribution in [1.29, 1.82) is 10.5 Å². The number of aromatic hydroxyl groups is 2. The maximum atomic E-state index is 14.0. The van der Waals surface area contributed by atoms with Gasteiger partial charge in [0.25, 0.3) is 12.5 Å². The number of rotatable bonds is 2. The van der Waals surface area contributed by atoms with E-state index in [2.05, 4.69) is 0 Å².